The first-order valence-electron chi connectivity index (χ1n) is 9.91. The van der Waals surface area contributed by atoms with Crippen LogP contribution in [0.4, 0.5) is 0 Å². The van der Waals surface area contributed by atoms with Gasteiger partial charge in [0.25, 0.3) is 0 Å². The molecular formula is C19H33N3O. The van der Waals surface area contributed by atoms with E-state index >= 15 is 0 Å². The quantitative estimate of drug-likeness (QED) is 0.847. The lowest BCUT2D eigenvalue weighted by Gasteiger charge is -2.42. The number of rotatable bonds is 2. The third-order valence-corrected chi connectivity index (χ3v) is 7.21. The molecule has 4 rings (SSSR count). The number of piperidine rings is 1. The van der Waals surface area contributed by atoms with E-state index in [1.807, 2.05) is 0 Å². The van der Waals surface area contributed by atoms with Crippen molar-refractivity contribution in [3.8, 4) is 0 Å². The SMILES string of the molecule is CC1CCC(N2CCN(C(=O)C3CC34CCNCC4)CC2)CC1. The predicted molar refractivity (Wildman–Crippen MR) is 92.2 cm³/mol. The summed E-state index contributed by atoms with van der Waals surface area (Å²) in [6.45, 7) is 8.75. The van der Waals surface area contributed by atoms with Gasteiger partial charge >= 0.3 is 0 Å². The fraction of sp³-hybridized carbons (Fsp3) is 0.947. The summed E-state index contributed by atoms with van der Waals surface area (Å²) in [5, 5.41) is 3.43. The lowest BCUT2D eigenvalue weighted by atomic mass is 9.86. The molecule has 2 aliphatic carbocycles. The molecule has 4 fully saturated rings. The number of nitrogens with one attached hydrogen (secondary N) is 1. The van der Waals surface area contributed by atoms with Crippen molar-refractivity contribution < 1.29 is 4.79 Å². The van der Waals surface area contributed by atoms with Gasteiger partial charge in [-0.05, 0) is 69.4 Å². The van der Waals surface area contributed by atoms with Gasteiger partial charge in [0, 0.05) is 38.1 Å². The van der Waals surface area contributed by atoms with Crippen molar-refractivity contribution in [1.29, 1.82) is 0 Å². The van der Waals surface area contributed by atoms with Crippen molar-refractivity contribution in [2.24, 2.45) is 17.3 Å². The summed E-state index contributed by atoms with van der Waals surface area (Å²) in [5.74, 6) is 1.75. The Bertz CT molecular complexity index is 430. The molecule has 4 heteroatoms. The second-order valence-electron chi connectivity index (χ2n) is 8.64. The van der Waals surface area contributed by atoms with E-state index in [0.29, 0.717) is 17.2 Å². The minimum absolute atomic E-state index is 0.353. The third-order valence-electron chi connectivity index (χ3n) is 7.21. The van der Waals surface area contributed by atoms with Crippen LogP contribution in [0.15, 0.2) is 0 Å². The van der Waals surface area contributed by atoms with Gasteiger partial charge in [-0.25, -0.2) is 0 Å². The maximum absolute atomic E-state index is 12.8. The molecule has 23 heavy (non-hydrogen) atoms. The molecule has 130 valence electrons. The summed E-state index contributed by atoms with van der Waals surface area (Å²) in [7, 11) is 0. The van der Waals surface area contributed by atoms with Crippen molar-refractivity contribution in [3.63, 3.8) is 0 Å². The average molecular weight is 319 g/mol. The summed E-state index contributed by atoms with van der Waals surface area (Å²) < 4.78 is 0. The molecule has 1 amide bonds. The first-order valence-corrected chi connectivity index (χ1v) is 9.91. The second kappa shape index (κ2) is 6.36. The van der Waals surface area contributed by atoms with Crippen LogP contribution in [0, 0.1) is 17.3 Å². The summed E-state index contributed by atoms with van der Waals surface area (Å²) in [6.07, 6.45) is 9.11. The van der Waals surface area contributed by atoms with Gasteiger partial charge in [-0.3, -0.25) is 9.69 Å². The van der Waals surface area contributed by atoms with Gasteiger partial charge in [-0.15, -0.1) is 0 Å². The maximum atomic E-state index is 12.8. The lowest BCUT2D eigenvalue weighted by Crippen LogP contribution is -2.53. The molecule has 4 nitrogen and oxygen atoms in total. The maximum Gasteiger partial charge on any atom is 0.226 e. The highest BCUT2D eigenvalue weighted by Crippen LogP contribution is 2.59. The Labute approximate surface area is 141 Å². The molecule has 2 heterocycles. The van der Waals surface area contributed by atoms with Crippen LogP contribution < -0.4 is 5.32 Å². The van der Waals surface area contributed by atoms with Gasteiger partial charge in [-0.2, -0.15) is 0 Å². The Kier molecular flexibility index (Phi) is 4.39. The van der Waals surface area contributed by atoms with Crippen LogP contribution in [0.1, 0.15) is 51.9 Å². The zero-order valence-corrected chi connectivity index (χ0v) is 14.7. The number of hydrogen-bond donors (Lipinski definition) is 1. The molecule has 2 aliphatic heterocycles. The monoisotopic (exact) mass is 319 g/mol. The summed E-state index contributed by atoms with van der Waals surface area (Å²) in [5.41, 5.74) is 0.388. The minimum atomic E-state index is 0.353. The zero-order chi connectivity index (χ0) is 15.9. The standard InChI is InChI=1S/C19H33N3O/c1-15-2-4-16(5-3-15)21-10-12-22(13-11-21)18(23)17-14-19(17)6-8-20-9-7-19/h15-17,20H,2-14H2,1H3. The molecular weight excluding hydrogens is 286 g/mol. The number of hydrogen-bond acceptors (Lipinski definition) is 3. The van der Waals surface area contributed by atoms with Gasteiger partial charge in [0.15, 0.2) is 0 Å². The van der Waals surface area contributed by atoms with E-state index in [4.69, 9.17) is 0 Å². The summed E-state index contributed by atoms with van der Waals surface area (Å²) >= 11 is 0. The van der Waals surface area contributed by atoms with Crippen molar-refractivity contribution in [2.75, 3.05) is 39.3 Å². The Morgan fingerprint density at radius 2 is 1.65 bits per heavy atom. The zero-order valence-electron chi connectivity index (χ0n) is 14.7. The van der Waals surface area contributed by atoms with Crippen molar-refractivity contribution in [3.05, 3.63) is 0 Å². The fourth-order valence-corrected chi connectivity index (χ4v) is 5.31. The third kappa shape index (κ3) is 3.17. The van der Waals surface area contributed by atoms with Crippen LogP contribution in [0.2, 0.25) is 0 Å². The number of carbonyl (C=O) groups is 1. The molecule has 1 spiro atoms. The Hall–Kier alpha value is -0.610. The van der Waals surface area contributed by atoms with E-state index in [2.05, 4.69) is 22.0 Å². The summed E-state index contributed by atoms with van der Waals surface area (Å²) in [4.78, 5) is 17.7. The highest BCUT2D eigenvalue weighted by atomic mass is 16.2. The van der Waals surface area contributed by atoms with Crippen LogP contribution in [0.3, 0.4) is 0 Å². The van der Waals surface area contributed by atoms with Crippen LogP contribution in [0.5, 0.6) is 0 Å². The molecule has 1 unspecified atom stereocenters. The smallest absolute Gasteiger partial charge is 0.226 e. The number of amides is 1. The van der Waals surface area contributed by atoms with E-state index in [1.165, 1.54) is 38.5 Å². The van der Waals surface area contributed by atoms with E-state index in [-0.39, 0.29) is 0 Å². The molecule has 0 bridgehead atoms. The molecule has 0 aromatic carbocycles. The molecule has 0 aromatic heterocycles. The van der Waals surface area contributed by atoms with Crippen LogP contribution >= 0.6 is 0 Å². The summed E-state index contributed by atoms with van der Waals surface area (Å²) in [6, 6.07) is 0.792. The van der Waals surface area contributed by atoms with Crippen molar-refractivity contribution >= 4 is 5.91 Å². The molecule has 2 saturated carbocycles. The Morgan fingerprint density at radius 1 is 1.00 bits per heavy atom. The van der Waals surface area contributed by atoms with E-state index in [9.17, 15) is 4.79 Å². The Morgan fingerprint density at radius 3 is 2.30 bits per heavy atom. The highest BCUT2D eigenvalue weighted by Gasteiger charge is 2.58. The molecule has 1 atom stereocenters. The number of carbonyl (C=O) groups excluding carboxylic acids is 1. The predicted octanol–water partition coefficient (Wildman–Crippen LogP) is 2.10. The van der Waals surface area contributed by atoms with Gasteiger partial charge in [0.2, 0.25) is 5.91 Å². The van der Waals surface area contributed by atoms with Crippen LogP contribution in [-0.2, 0) is 4.79 Å². The lowest BCUT2D eigenvalue weighted by molar-refractivity contribution is -0.135. The van der Waals surface area contributed by atoms with Gasteiger partial charge in [0.05, 0.1) is 0 Å². The molecule has 4 aliphatic rings. The van der Waals surface area contributed by atoms with Gasteiger partial charge in [0.1, 0.15) is 0 Å². The number of nitrogens with zero attached hydrogens (tertiary/aromatic N) is 2. The Balaban J connectivity index is 1.26. The fourth-order valence-electron chi connectivity index (χ4n) is 5.31. The van der Waals surface area contributed by atoms with Gasteiger partial charge < -0.3 is 10.2 Å². The highest BCUT2D eigenvalue weighted by molar-refractivity contribution is 5.83. The van der Waals surface area contributed by atoms with E-state index in [1.54, 1.807) is 0 Å². The first-order chi connectivity index (χ1) is 11.2. The van der Waals surface area contributed by atoms with E-state index < -0.39 is 0 Å². The second-order valence-corrected chi connectivity index (χ2v) is 8.64. The van der Waals surface area contributed by atoms with E-state index in [0.717, 1.165) is 57.6 Å². The van der Waals surface area contributed by atoms with Crippen LogP contribution in [-0.4, -0.2) is 61.0 Å². The van der Waals surface area contributed by atoms with Crippen molar-refractivity contribution in [2.45, 2.75) is 57.9 Å². The molecule has 2 saturated heterocycles. The number of piperazine rings is 1. The van der Waals surface area contributed by atoms with Crippen LogP contribution in [0.25, 0.3) is 0 Å². The normalized spacial score (nSPS) is 37.8. The molecule has 0 aromatic rings. The first kappa shape index (κ1) is 15.9. The topological polar surface area (TPSA) is 35.6 Å². The molecule has 1 N–H and O–H groups in total. The largest absolute Gasteiger partial charge is 0.340 e. The average Bonchev–Trinajstić information content (AvgIpc) is 3.28. The minimum Gasteiger partial charge on any atom is -0.340 e. The van der Waals surface area contributed by atoms with Crippen molar-refractivity contribution in [1.82, 2.24) is 15.1 Å². The van der Waals surface area contributed by atoms with Gasteiger partial charge in [-0.1, -0.05) is 6.92 Å². The molecule has 0 radical (unpaired) electrons.